The van der Waals surface area contributed by atoms with Crippen molar-refractivity contribution >= 4 is 34.8 Å². The van der Waals surface area contributed by atoms with E-state index in [1.165, 1.54) is 5.56 Å². The zero-order chi connectivity index (χ0) is 24.0. The topological polar surface area (TPSA) is 89.0 Å². The molecule has 3 aromatic rings. The molecule has 0 saturated carbocycles. The van der Waals surface area contributed by atoms with Crippen molar-refractivity contribution in [3.8, 4) is 11.5 Å². The van der Waals surface area contributed by atoms with Crippen molar-refractivity contribution in [1.82, 2.24) is 9.88 Å². The van der Waals surface area contributed by atoms with Crippen LogP contribution in [0.1, 0.15) is 43.4 Å². The molecule has 1 heterocycles. The largest absolute Gasteiger partial charge is 0.496 e. The number of methoxy groups -OCH3 is 2. The van der Waals surface area contributed by atoms with E-state index in [4.69, 9.17) is 21.1 Å². The molecule has 7 nitrogen and oxygen atoms in total. The molecule has 3 rings (SSSR count). The number of rotatable bonds is 10. The molecule has 1 N–H and O–H groups in total. The molecule has 33 heavy (non-hydrogen) atoms. The summed E-state index contributed by atoms with van der Waals surface area (Å²) in [6.45, 7) is 2.45. The van der Waals surface area contributed by atoms with Crippen molar-refractivity contribution in [3.63, 3.8) is 0 Å². The number of benzene rings is 2. The summed E-state index contributed by atoms with van der Waals surface area (Å²) in [5.74, 6) is -0.333. The maximum absolute atomic E-state index is 13.5. The number of aromatic nitrogens is 1. The standard InChI is InChI=1S/C24H25ClN2O5S/c1-15-18(31-2)12-17(13-19(15)32-3)23(28)27(11-7-10-16-8-5-4-6-9-16)14-20-26-21(24(29)30)22(25)33-20/h4-6,8-9,12-13H,7,10-11,14H2,1-3H3,(H,29,30). The zero-order valence-corrected chi connectivity index (χ0v) is 20.2. The Bertz CT molecular complexity index is 1110. The normalized spacial score (nSPS) is 10.7. The van der Waals surface area contributed by atoms with Gasteiger partial charge in [0.15, 0.2) is 5.69 Å². The van der Waals surface area contributed by atoms with E-state index in [1.54, 1.807) is 31.3 Å². The number of amides is 1. The van der Waals surface area contributed by atoms with Crippen LogP contribution in [0.5, 0.6) is 11.5 Å². The lowest BCUT2D eigenvalue weighted by molar-refractivity contribution is 0.0691. The summed E-state index contributed by atoms with van der Waals surface area (Å²) in [4.78, 5) is 30.6. The van der Waals surface area contributed by atoms with Gasteiger partial charge < -0.3 is 19.5 Å². The number of ether oxygens (including phenoxy) is 2. The van der Waals surface area contributed by atoms with Crippen molar-refractivity contribution in [3.05, 3.63) is 74.2 Å². The molecular formula is C24H25ClN2O5S. The molecule has 0 spiro atoms. The van der Waals surface area contributed by atoms with Crippen LogP contribution in [0.4, 0.5) is 0 Å². The molecule has 174 valence electrons. The summed E-state index contributed by atoms with van der Waals surface area (Å²) in [7, 11) is 3.08. The molecule has 0 bridgehead atoms. The van der Waals surface area contributed by atoms with E-state index in [9.17, 15) is 14.7 Å². The summed E-state index contributed by atoms with van der Waals surface area (Å²) >= 11 is 7.10. The van der Waals surface area contributed by atoms with E-state index < -0.39 is 5.97 Å². The maximum Gasteiger partial charge on any atom is 0.356 e. The highest BCUT2D eigenvalue weighted by molar-refractivity contribution is 7.16. The van der Waals surface area contributed by atoms with Crippen LogP contribution in [0, 0.1) is 6.92 Å². The molecule has 0 atom stereocenters. The minimum atomic E-state index is -1.20. The second-order valence-corrected chi connectivity index (χ2v) is 9.04. The fourth-order valence-corrected chi connectivity index (χ4v) is 4.65. The SMILES string of the molecule is COc1cc(C(=O)N(CCCc2ccccc2)Cc2nc(C(=O)O)c(Cl)s2)cc(OC)c1C. The number of carbonyl (C=O) groups excluding carboxylic acids is 1. The Labute approximate surface area is 201 Å². The van der Waals surface area contributed by atoms with Gasteiger partial charge in [0, 0.05) is 17.7 Å². The van der Waals surface area contributed by atoms with Crippen molar-refractivity contribution in [2.24, 2.45) is 0 Å². The average Bonchev–Trinajstić information content (AvgIpc) is 3.19. The third-order valence-electron chi connectivity index (χ3n) is 5.18. The lowest BCUT2D eigenvalue weighted by Crippen LogP contribution is -2.32. The second kappa shape index (κ2) is 11.2. The Morgan fingerprint density at radius 1 is 1.12 bits per heavy atom. The number of carboxylic acid groups (broad SMARTS) is 1. The number of carbonyl (C=O) groups is 2. The van der Waals surface area contributed by atoms with Crippen molar-refractivity contribution in [2.45, 2.75) is 26.3 Å². The molecule has 0 fully saturated rings. The Morgan fingerprint density at radius 2 is 1.76 bits per heavy atom. The molecule has 0 radical (unpaired) electrons. The van der Waals surface area contributed by atoms with E-state index in [0.717, 1.165) is 29.7 Å². The fraction of sp³-hybridized carbons (Fsp3) is 0.292. The number of hydrogen-bond donors (Lipinski definition) is 1. The maximum atomic E-state index is 13.5. The van der Waals surface area contributed by atoms with Crippen molar-refractivity contribution in [1.29, 1.82) is 0 Å². The Morgan fingerprint density at radius 3 is 2.30 bits per heavy atom. The van der Waals surface area contributed by atoms with Crippen molar-refractivity contribution in [2.75, 3.05) is 20.8 Å². The molecule has 1 amide bonds. The van der Waals surface area contributed by atoms with E-state index >= 15 is 0 Å². The predicted molar refractivity (Wildman–Crippen MR) is 128 cm³/mol. The van der Waals surface area contributed by atoms with Gasteiger partial charge in [0.2, 0.25) is 0 Å². The van der Waals surface area contributed by atoms with Gasteiger partial charge >= 0.3 is 5.97 Å². The van der Waals surface area contributed by atoms with Crippen LogP contribution >= 0.6 is 22.9 Å². The number of thiazole rings is 1. The minimum Gasteiger partial charge on any atom is -0.496 e. The minimum absolute atomic E-state index is 0.0906. The van der Waals surface area contributed by atoms with Gasteiger partial charge in [-0.3, -0.25) is 4.79 Å². The number of halogens is 1. The fourth-order valence-electron chi connectivity index (χ4n) is 3.47. The lowest BCUT2D eigenvalue weighted by atomic mass is 10.1. The first-order valence-corrected chi connectivity index (χ1v) is 11.5. The number of aromatic carboxylic acids is 1. The van der Waals surface area contributed by atoms with Crippen LogP contribution in [0.2, 0.25) is 4.34 Å². The number of aryl methyl sites for hydroxylation is 1. The molecule has 0 aliphatic carbocycles. The first-order valence-electron chi connectivity index (χ1n) is 10.3. The highest BCUT2D eigenvalue weighted by Crippen LogP contribution is 2.31. The first kappa shape index (κ1) is 24.5. The summed E-state index contributed by atoms with van der Waals surface area (Å²) in [6.07, 6.45) is 1.52. The summed E-state index contributed by atoms with van der Waals surface area (Å²) in [6, 6.07) is 13.4. The van der Waals surface area contributed by atoms with Gasteiger partial charge in [0.25, 0.3) is 5.91 Å². The monoisotopic (exact) mass is 488 g/mol. The molecule has 2 aromatic carbocycles. The predicted octanol–water partition coefficient (Wildman–Crippen LogP) is 5.10. The Kier molecular flexibility index (Phi) is 8.30. The second-order valence-electron chi connectivity index (χ2n) is 7.36. The zero-order valence-electron chi connectivity index (χ0n) is 18.6. The van der Waals surface area contributed by atoms with E-state index in [1.807, 2.05) is 37.3 Å². The third kappa shape index (κ3) is 6.03. The van der Waals surface area contributed by atoms with Crippen molar-refractivity contribution < 1.29 is 24.2 Å². The molecule has 0 aliphatic heterocycles. The van der Waals surface area contributed by atoms with Gasteiger partial charge in [-0.05, 0) is 37.5 Å². The van der Waals surface area contributed by atoms with Crippen LogP contribution in [0.25, 0.3) is 0 Å². The first-order chi connectivity index (χ1) is 15.8. The number of carboxylic acids is 1. The van der Waals surface area contributed by atoms with Gasteiger partial charge in [-0.15, -0.1) is 11.3 Å². The van der Waals surface area contributed by atoms with E-state index in [-0.39, 0.29) is 22.5 Å². The van der Waals surface area contributed by atoms with Crippen LogP contribution in [-0.2, 0) is 13.0 Å². The van der Waals surface area contributed by atoms with Gasteiger partial charge in [0.05, 0.1) is 20.8 Å². The van der Waals surface area contributed by atoms with Crippen LogP contribution < -0.4 is 9.47 Å². The summed E-state index contributed by atoms with van der Waals surface area (Å²) in [5, 5.41) is 9.72. The quantitative estimate of drug-likeness (QED) is 0.427. The molecule has 9 heteroatoms. The smallest absolute Gasteiger partial charge is 0.356 e. The Hall–Kier alpha value is -3.10. The van der Waals surface area contributed by atoms with Gasteiger partial charge in [-0.2, -0.15) is 0 Å². The van der Waals surface area contributed by atoms with Crippen LogP contribution in [0.15, 0.2) is 42.5 Å². The van der Waals surface area contributed by atoms with Gasteiger partial charge in [0.1, 0.15) is 20.8 Å². The van der Waals surface area contributed by atoms with Gasteiger partial charge in [-0.1, -0.05) is 41.9 Å². The van der Waals surface area contributed by atoms with E-state index in [2.05, 4.69) is 4.98 Å². The molecular weight excluding hydrogens is 464 g/mol. The van der Waals surface area contributed by atoms with Crippen LogP contribution in [0.3, 0.4) is 0 Å². The highest BCUT2D eigenvalue weighted by Gasteiger charge is 2.23. The average molecular weight is 489 g/mol. The summed E-state index contributed by atoms with van der Waals surface area (Å²) < 4.78 is 10.9. The molecule has 0 saturated heterocycles. The third-order valence-corrected chi connectivity index (χ3v) is 6.42. The van der Waals surface area contributed by atoms with E-state index in [0.29, 0.717) is 28.6 Å². The van der Waals surface area contributed by atoms with Crippen LogP contribution in [-0.4, -0.2) is 47.6 Å². The van der Waals surface area contributed by atoms with Gasteiger partial charge in [-0.25, -0.2) is 9.78 Å². The summed E-state index contributed by atoms with van der Waals surface area (Å²) in [5.41, 5.74) is 2.18. The molecule has 1 aromatic heterocycles. The molecule has 0 unspecified atom stereocenters. The number of hydrogen-bond acceptors (Lipinski definition) is 6. The lowest BCUT2D eigenvalue weighted by Gasteiger charge is -2.23. The molecule has 0 aliphatic rings. The Balaban J connectivity index is 1.87. The number of nitrogens with zero attached hydrogens (tertiary/aromatic N) is 2. The highest BCUT2D eigenvalue weighted by atomic mass is 35.5.